The van der Waals surface area contributed by atoms with Gasteiger partial charge in [-0.25, -0.2) is 0 Å². The van der Waals surface area contributed by atoms with Crippen molar-refractivity contribution in [2.45, 2.75) is 44.3 Å². The first-order valence-electron chi connectivity index (χ1n) is 11.2. The maximum atomic E-state index is 4.80. The largest absolute Gasteiger partial charge is 0.369 e. The molecule has 6 nitrogen and oxygen atoms in total. The molecule has 0 fully saturated rings. The molecule has 1 aliphatic heterocycles. The van der Waals surface area contributed by atoms with Crippen LogP contribution in [-0.4, -0.2) is 61.0 Å². The minimum Gasteiger partial charge on any atom is -0.369 e. The molecule has 2 aliphatic rings. The van der Waals surface area contributed by atoms with E-state index in [0.29, 0.717) is 6.04 Å². The average Bonchev–Trinajstić information content (AvgIpc) is 3.17. The number of aromatic nitrogens is 1. The van der Waals surface area contributed by atoms with E-state index in [9.17, 15) is 0 Å². The van der Waals surface area contributed by atoms with Crippen LogP contribution in [0, 0.1) is 0 Å². The van der Waals surface area contributed by atoms with Crippen LogP contribution in [0.1, 0.15) is 43.0 Å². The normalized spacial score (nSPS) is 18.2. The predicted octanol–water partition coefficient (Wildman–Crippen LogP) is 3.99. The molecule has 2 aromatic rings. The monoisotopic (exact) mass is 406 g/mol. The highest BCUT2D eigenvalue weighted by molar-refractivity contribution is 5.74. The third kappa shape index (κ3) is 5.11. The summed E-state index contributed by atoms with van der Waals surface area (Å²) in [5, 5.41) is 7.30. The molecule has 0 radical (unpaired) electrons. The first-order valence-corrected chi connectivity index (χ1v) is 11.2. The Labute approximate surface area is 180 Å². The van der Waals surface area contributed by atoms with Gasteiger partial charge >= 0.3 is 0 Å². The van der Waals surface area contributed by atoms with Gasteiger partial charge in [-0.3, -0.25) is 14.9 Å². The van der Waals surface area contributed by atoms with Gasteiger partial charge in [-0.2, -0.15) is 0 Å². The van der Waals surface area contributed by atoms with Gasteiger partial charge in [-0.1, -0.05) is 18.2 Å². The van der Waals surface area contributed by atoms with Gasteiger partial charge in [0.25, 0.3) is 0 Å². The molecule has 1 aliphatic carbocycles. The van der Waals surface area contributed by atoms with Gasteiger partial charge in [-0.15, -0.1) is 0 Å². The summed E-state index contributed by atoms with van der Waals surface area (Å²) in [4.78, 5) is 13.9. The number of unbranched alkanes of at least 4 members (excludes halogenated alkanes) is 1. The van der Waals surface area contributed by atoms with E-state index >= 15 is 0 Å². The lowest BCUT2D eigenvalue weighted by Crippen LogP contribution is -2.42. The van der Waals surface area contributed by atoms with E-state index in [4.69, 9.17) is 4.98 Å². The zero-order valence-corrected chi connectivity index (χ0v) is 18.2. The molecule has 30 heavy (non-hydrogen) atoms. The minimum absolute atomic E-state index is 0.225. The van der Waals surface area contributed by atoms with Crippen molar-refractivity contribution in [1.82, 2.24) is 14.8 Å². The summed E-state index contributed by atoms with van der Waals surface area (Å²) in [6.07, 6.45) is 9.90. The fraction of sp³-hybridized carbons (Fsp3) is 0.500. The van der Waals surface area contributed by atoms with Gasteiger partial charge in [0, 0.05) is 33.4 Å². The quantitative estimate of drug-likeness (QED) is 0.375. The Kier molecular flexibility index (Phi) is 6.84. The van der Waals surface area contributed by atoms with Crippen molar-refractivity contribution >= 4 is 17.7 Å². The van der Waals surface area contributed by atoms with E-state index in [2.05, 4.69) is 56.9 Å². The predicted molar refractivity (Wildman–Crippen MR) is 125 cm³/mol. The standard InChI is InChI=1S/C24H34N6/c1-29(2)18-25-14-5-6-16-30(17-23-27-20-11-3-4-12-21(20)28-23)22-13-7-9-19-10-8-15-26-24(19)22/h3-4,8,10-12,15,18,22-23,27-28H,5-7,9,13-14,16-17H2,1-2H3. The smallest absolute Gasteiger partial charge is 0.110 e. The van der Waals surface area contributed by atoms with Crippen LogP contribution in [0.3, 0.4) is 0 Å². The topological polar surface area (TPSA) is 55.8 Å². The Morgan fingerprint density at radius 3 is 2.67 bits per heavy atom. The summed E-state index contributed by atoms with van der Waals surface area (Å²) in [6.45, 7) is 2.90. The summed E-state index contributed by atoms with van der Waals surface area (Å²) in [7, 11) is 4.02. The minimum atomic E-state index is 0.225. The fourth-order valence-electron chi connectivity index (χ4n) is 4.53. The molecule has 2 N–H and O–H groups in total. The van der Waals surface area contributed by atoms with Crippen molar-refractivity contribution in [3.8, 4) is 0 Å². The maximum absolute atomic E-state index is 4.80. The number of benzene rings is 1. The number of nitrogens with one attached hydrogen (secondary N) is 2. The van der Waals surface area contributed by atoms with Crippen LogP contribution < -0.4 is 10.6 Å². The summed E-state index contributed by atoms with van der Waals surface area (Å²) < 4.78 is 0. The molecular formula is C24H34N6. The Bertz CT molecular complexity index is 824. The Balaban J connectivity index is 1.42. The van der Waals surface area contributed by atoms with Gasteiger partial charge in [-0.05, 0) is 62.4 Å². The van der Waals surface area contributed by atoms with E-state index < -0.39 is 0 Å². The number of pyridine rings is 1. The summed E-state index contributed by atoms with van der Waals surface area (Å²) in [5.41, 5.74) is 5.10. The van der Waals surface area contributed by atoms with Crippen LogP contribution in [0.25, 0.3) is 0 Å². The van der Waals surface area contributed by atoms with Crippen molar-refractivity contribution in [2.24, 2.45) is 4.99 Å². The van der Waals surface area contributed by atoms with E-state index in [1.807, 2.05) is 31.5 Å². The number of fused-ring (bicyclic) bond motifs is 2. The van der Waals surface area contributed by atoms with Crippen molar-refractivity contribution in [3.63, 3.8) is 0 Å². The van der Waals surface area contributed by atoms with Gasteiger partial charge in [0.15, 0.2) is 0 Å². The van der Waals surface area contributed by atoms with Gasteiger partial charge in [0.2, 0.25) is 0 Å². The maximum Gasteiger partial charge on any atom is 0.110 e. The number of aliphatic imine (C=N–C) groups is 1. The Hall–Kier alpha value is -2.60. The van der Waals surface area contributed by atoms with Crippen LogP contribution in [0.15, 0.2) is 47.6 Å². The van der Waals surface area contributed by atoms with Crippen LogP contribution in [-0.2, 0) is 6.42 Å². The van der Waals surface area contributed by atoms with Crippen LogP contribution in [0.4, 0.5) is 11.4 Å². The lowest BCUT2D eigenvalue weighted by atomic mass is 9.90. The van der Waals surface area contributed by atoms with Crippen molar-refractivity contribution < 1.29 is 0 Å². The number of aryl methyl sites for hydroxylation is 1. The lowest BCUT2D eigenvalue weighted by Gasteiger charge is -2.36. The van der Waals surface area contributed by atoms with Gasteiger partial charge in [0.1, 0.15) is 6.17 Å². The van der Waals surface area contributed by atoms with Crippen LogP contribution >= 0.6 is 0 Å². The van der Waals surface area contributed by atoms with Gasteiger partial charge < -0.3 is 15.5 Å². The number of rotatable bonds is 9. The molecule has 0 spiro atoms. The molecule has 4 rings (SSSR count). The third-order valence-electron chi connectivity index (χ3n) is 5.90. The molecular weight excluding hydrogens is 372 g/mol. The Morgan fingerprint density at radius 2 is 1.90 bits per heavy atom. The number of hydrogen-bond donors (Lipinski definition) is 2. The Morgan fingerprint density at radius 1 is 1.10 bits per heavy atom. The van der Waals surface area contributed by atoms with Crippen molar-refractivity contribution in [1.29, 1.82) is 0 Å². The molecule has 2 heterocycles. The van der Waals surface area contributed by atoms with Crippen molar-refractivity contribution in [2.75, 3.05) is 44.4 Å². The van der Waals surface area contributed by atoms with Crippen LogP contribution in [0.5, 0.6) is 0 Å². The second-order valence-electron chi connectivity index (χ2n) is 8.53. The van der Waals surface area contributed by atoms with E-state index in [1.165, 1.54) is 35.5 Å². The second kappa shape index (κ2) is 9.94. The fourth-order valence-corrected chi connectivity index (χ4v) is 4.53. The van der Waals surface area contributed by atoms with Crippen LogP contribution in [0.2, 0.25) is 0 Å². The zero-order valence-electron chi connectivity index (χ0n) is 18.2. The third-order valence-corrected chi connectivity index (χ3v) is 5.90. The van der Waals surface area contributed by atoms with Crippen molar-refractivity contribution in [3.05, 3.63) is 53.9 Å². The molecule has 1 aromatic heterocycles. The lowest BCUT2D eigenvalue weighted by molar-refractivity contribution is 0.168. The highest BCUT2D eigenvalue weighted by Crippen LogP contribution is 2.34. The molecule has 0 saturated heterocycles. The number of para-hydroxylation sites is 2. The molecule has 6 heteroatoms. The molecule has 1 atom stereocenters. The molecule has 0 saturated carbocycles. The number of anilines is 2. The molecule has 160 valence electrons. The first-order chi connectivity index (χ1) is 14.7. The number of nitrogens with zero attached hydrogens (tertiary/aromatic N) is 4. The number of hydrogen-bond acceptors (Lipinski definition) is 5. The zero-order chi connectivity index (χ0) is 20.8. The van der Waals surface area contributed by atoms with E-state index in [0.717, 1.165) is 38.9 Å². The van der Waals surface area contributed by atoms with E-state index in [1.54, 1.807) is 0 Å². The highest BCUT2D eigenvalue weighted by atomic mass is 15.3. The second-order valence-corrected chi connectivity index (χ2v) is 8.53. The molecule has 1 unspecified atom stereocenters. The highest BCUT2D eigenvalue weighted by Gasteiger charge is 2.30. The van der Waals surface area contributed by atoms with E-state index in [-0.39, 0.29) is 6.17 Å². The molecule has 1 aromatic carbocycles. The summed E-state index contributed by atoms with van der Waals surface area (Å²) in [5.74, 6) is 0. The summed E-state index contributed by atoms with van der Waals surface area (Å²) >= 11 is 0. The SMILES string of the molecule is CN(C)C=NCCCCN(CC1Nc2ccccc2N1)C1CCCc2cccnc21. The molecule has 0 amide bonds. The molecule has 0 bridgehead atoms. The summed E-state index contributed by atoms with van der Waals surface area (Å²) in [6, 6.07) is 13.2. The van der Waals surface area contributed by atoms with Gasteiger partial charge in [0.05, 0.1) is 29.4 Å². The first kappa shape index (κ1) is 20.7. The average molecular weight is 407 g/mol.